The lowest BCUT2D eigenvalue weighted by molar-refractivity contribution is -0.115. The van der Waals surface area contributed by atoms with E-state index in [-0.39, 0.29) is 11.1 Å². The number of carbonyl (C=O) groups is 2. The van der Waals surface area contributed by atoms with Gasteiger partial charge in [0.1, 0.15) is 0 Å². The van der Waals surface area contributed by atoms with Gasteiger partial charge in [-0.25, -0.2) is 0 Å². The molecule has 2 saturated heterocycles. The number of imide groups is 1. The average Bonchev–Trinajstić information content (AvgIpc) is 2.85. The third kappa shape index (κ3) is 3.59. The van der Waals surface area contributed by atoms with Gasteiger partial charge in [-0.1, -0.05) is 18.2 Å². The average molecular weight is 331 g/mol. The molecule has 1 aromatic carbocycles. The summed E-state index contributed by atoms with van der Waals surface area (Å²) in [4.78, 5) is 28.4. The number of hydrogen-bond donors (Lipinski definition) is 1. The van der Waals surface area contributed by atoms with Crippen LogP contribution in [0.15, 0.2) is 29.2 Å². The molecule has 0 atom stereocenters. The molecule has 1 aromatic rings. The van der Waals surface area contributed by atoms with Gasteiger partial charge in [0, 0.05) is 37.9 Å². The normalized spacial score (nSPS) is 21.3. The van der Waals surface area contributed by atoms with Gasteiger partial charge in [0.15, 0.2) is 0 Å². The van der Waals surface area contributed by atoms with Crippen molar-refractivity contribution in [2.24, 2.45) is 0 Å². The van der Waals surface area contributed by atoms with Crippen molar-refractivity contribution in [2.75, 3.05) is 31.1 Å². The summed E-state index contributed by atoms with van der Waals surface area (Å²) >= 11 is 0.963. The number of carbonyl (C=O) groups excluding carboxylic acids is 2. The first-order valence-corrected chi connectivity index (χ1v) is 8.69. The van der Waals surface area contributed by atoms with Gasteiger partial charge in [-0.2, -0.15) is 0 Å². The Morgan fingerprint density at radius 1 is 1.13 bits per heavy atom. The van der Waals surface area contributed by atoms with E-state index in [9.17, 15) is 9.59 Å². The molecule has 3 rings (SSSR count). The highest BCUT2D eigenvalue weighted by molar-refractivity contribution is 8.18. The maximum Gasteiger partial charge on any atom is 0.290 e. The molecular weight excluding hydrogens is 310 g/mol. The van der Waals surface area contributed by atoms with Crippen LogP contribution in [0, 0.1) is 0 Å². The molecule has 122 valence electrons. The summed E-state index contributed by atoms with van der Waals surface area (Å²) in [6, 6.07) is 8.61. The Bertz CT molecular complexity index is 649. The van der Waals surface area contributed by atoms with Crippen LogP contribution in [0.25, 0.3) is 6.08 Å². The van der Waals surface area contributed by atoms with Crippen LogP contribution in [-0.2, 0) is 4.79 Å². The number of nitrogens with one attached hydrogen (secondary N) is 1. The summed E-state index contributed by atoms with van der Waals surface area (Å²) in [5.41, 5.74) is 2.11. The molecule has 0 saturated carbocycles. The monoisotopic (exact) mass is 331 g/mol. The first kappa shape index (κ1) is 16.1. The number of nitrogens with zero attached hydrogens (tertiary/aromatic N) is 2. The molecule has 2 aliphatic heterocycles. The molecule has 2 heterocycles. The van der Waals surface area contributed by atoms with Crippen molar-refractivity contribution >= 4 is 34.7 Å². The molecule has 0 aromatic heterocycles. The summed E-state index contributed by atoms with van der Waals surface area (Å²) in [6.45, 7) is 8.46. The summed E-state index contributed by atoms with van der Waals surface area (Å²) in [6.07, 6.45) is 1.81. The maximum absolute atomic E-state index is 11.8. The zero-order valence-corrected chi connectivity index (χ0v) is 14.2. The van der Waals surface area contributed by atoms with Gasteiger partial charge < -0.3 is 4.90 Å². The summed E-state index contributed by atoms with van der Waals surface area (Å²) in [5, 5.41) is 2.00. The molecule has 0 radical (unpaired) electrons. The van der Waals surface area contributed by atoms with E-state index in [1.807, 2.05) is 24.3 Å². The molecule has 23 heavy (non-hydrogen) atoms. The van der Waals surface area contributed by atoms with Gasteiger partial charge in [-0.3, -0.25) is 19.8 Å². The zero-order chi connectivity index (χ0) is 16.4. The fourth-order valence-electron chi connectivity index (χ4n) is 2.94. The van der Waals surface area contributed by atoms with E-state index in [4.69, 9.17) is 0 Å². The molecule has 0 bridgehead atoms. The largest absolute Gasteiger partial charge is 0.368 e. The van der Waals surface area contributed by atoms with Gasteiger partial charge >= 0.3 is 0 Å². The Balaban J connectivity index is 1.81. The minimum atomic E-state index is -0.306. The lowest BCUT2D eigenvalue weighted by Gasteiger charge is -2.38. The van der Waals surface area contributed by atoms with Crippen LogP contribution in [0.1, 0.15) is 19.4 Å². The number of benzene rings is 1. The first-order chi connectivity index (χ1) is 11.0. The van der Waals surface area contributed by atoms with Crippen molar-refractivity contribution < 1.29 is 9.59 Å². The molecular formula is C17H21N3O2S. The third-order valence-electron chi connectivity index (χ3n) is 4.25. The minimum Gasteiger partial charge on any atom is -0.368 e. The van der Waals surface area contributed by atoms with E-state index in [1.165, 1.54) is 0 Å². The van der Waals surface area contributed by atoms with Crippen molar-refractivity contribution in [3.8, 4) is 0 Å². The molecule has 2 fully saturated rings. The smallest absolute Gasteiger partial charge is 0.290 e. The van der Waals surface area contributed by atoms with E-state index >= 15 is 0 Å². The molecule has 0 unspecified atom stereocenters. The lowest BCUT2D eigenvalue weighted by atomic mass is 10.1. The standard InChI is InChI=1S/C17H21N3O2S/c1-12(2)19-7-9-20(10-8-19)14-6-4-3-5-13(14)11-15-16(21)18-17(22)23-15/h3-6,11-12H,7-10H2,1-2H3,(H,18,21,22). The number of rotatable bonds is 3. The second kappa shape index (κ2) is 6.76. The van der Waals surface area contributed by atoms with Gasteiger partial charge in [0.05, 0.1) is 4.91 Å². The van der Waals surface area contributed by atoms with Crippen LogP contribution >= 0.6 is 11.8 Å². The summed E-state index contributed by atoms with van der Waals surface area (Å²) < 4.78 is 0. The fourth-order valence-corrected chi connectivity index (χ4v) is 3.61. The van der Waals surface area contributed by atoms with Crippen molar-refractivity contribution in [3.05, 3.63) is 34.7 Å². The van der Waals surface area contributed by atoms with Gasteiger partial charge in [0.25, 0.3) is 11.1 Å². The van der Waals surface area contributed by atoms with Crippen molar-refractivity contribution in [2.45, 2.75) is 19.9 Å². The molecule has 6 heteroatoms. The lowest BCUT2D eigenvalue weighted by Crippen LogP contribution is -2.49. The topological polar surface area (TPSA) is 52.6 Å². The molecule has 2 aliphatic rings. The van der Waals surface area contributed by atoms with Crippen LogP contribution in [0.2, 0.25) is 0 Å². The van der Waals surface area contributed by atoms with Crippen LogP contribution in [0.4, 0.5) is 10.5 Å². The number of thioether (sulfide) groups is 1. The van der Waals surface area contributed by atoms with E-state index in [1.54, 1.807) is 0 Å². The predicted molar refractivity (Wildman–Crippen MR) is 94.5 cm³/mol. The minimum absolute atomic E-state index is 0.302. The van der Waals surface area contributed by atoms with Crippen LogP contribution < -0.4 is 10.2 Å². The number of anilines is 1. The highest BCUT2D eigenvalue weighted by atomic mass is 32.2. The second-order valence-corrected chi connectivity index (χ2v) is 7.04. The maximum atomic E-state index is 11.8. The van der Waals surface area contributed by atoms with E-state index in [0.717, 1.165) is 49.2 Å². The molecule has 0 spiro atoms. The van der Waals surface area contributed by atoms with Gasteiger partial charge in [-0.15, -0.1) is 0 Å². The number of amides is 2. The number of hydrogen-bond acceptors (Lipinski definition) is 5. The van der Waals surface area contributed by atoms with E-state index < -0.39 is 0 Å². The van der Waals surface area contributed by atoms with Gasteiger partial charge in [0.2, 0.25) is 0 Å². The van der Waals surface area contributed by atoms with Crippen LogP contribution in [0.3, 0.4) is 0 Å². The van der Waals surface area contributed by atoms with E-state index in [0.29, 0.717) is 10.9 Å². The third-order valence-corrected chi connectivity index (χ3v) is 5.06. The Morgan fingerprint density at radius 2 is 1.83 bits per heavy atom. The Hall–Kier alpha value is -1.79. The first-order valence-electron chi connectivity index (χ1n) is 7.87. The van der Waals surface area contributed by atoms with E-state index in [2.05, 4.69) is 35.0 Å². The van der Waals surface area contributed by atoms with Gasteiger partial charge in [-0.05, 0) is 43.3 Å². The highest BCUT2D eigenvalue weighted by Gasteiger charge is 2.26. The van der Waals surface area contributed by atoms with Crippen molar-refractivity contribution in [1.29, 1.82) is 0 Å². The fraction of sp³-hybridized carbons (Fsp3) is 0.412. The SMILES string of the molecule is CC(C)N1CCN(c2ccccc2C=C2SC(=O)NC2=O)CC1. The molecule has 0 aliphatic carbocycles. The Morgan fingerprint density at radius 3 is 2.43 bits per heavy atom. The Labute approximate surface area is 140 Å². The quantitative estimate of drug-likeness (QED) is 0.863. The van der Waals surface area contributed by atoms with Crippen LogP contribution in [-0.4, -0.2) is 48.3 Å². The number of piperazine rings is 1. The number of para-hydroxylation sites is 1. The van der Waals surface area contributed by atoms with Crippen molar-refractivity contribution in [3.63, 3.8) is 0 Å². The summed E-state index contributed by atoms with van der Waals surface area (Å²) in [7, 11) is 0. The Kier molecular flexibility index (Phi) is 4.73. The molecule has 1 N–H and O–H groups in total. The second-order valence-electron chi connectivity index (χ2n) is 6.03. The molecule has 5 nitrogen and oxygen atoms in total. The zero-order valence-electron chi connectivity index (χ0n) is 13.4. The predicted octanol–water partition coefficient (Wildman–Crippen LogP) is 2.54. The highest BCUT2D eigenvalue weighted by Crippen LogP contribution is 2.30. The molecule has 2 amide bonds. The summed E-state index contributed by atoms with van der Waals surface area (Å²) in [5.74, 6) is -0.306. The van der Waals surface area contributed by atoms with Crippen molar-refractivity contribution in [1.82, 2.24) is 10.2 Å². The van der Waals surface area contributed by atoms with Crippen LogP contribution in [0.5, 0.6) is 0 Å².